The zero-order valence-corrected chi connectivity index (χ0v) is 13.9. The normalized spacial score (nSPS) is 19.3. The number of aromatic nitrogens is 1. The first kappa shape index (κ1) is 15.3. The van der Waals surface area contributed by atoms with Gasteiger partial charge >= 0.3 is 0 Å². The molecule has 4 rings (SSSR count). The number of benzene rings is 1. The van der Waals surface area contributed by atoms with Gasteiger partial charge in [-0.15, -0.1) is 0 Å². The number of carbonyl (C=O) groups excluding carboxylic acids is 1. The molecule has 0 aliphatic carbocycles. The molecule has 0 N–H and O–H groups in total. The van der Waals surface area contributed by atoms with Gasteiger partial charge in [-0.25, -0.2) is 0 Å². The maximum atomic E-state index is 12.8. The minimum atomic E-state index is 0.222. The van der Waals surface area contributed by atoms with Gasteiger partial charge in [-0.1, -0.05) is 24.3 Å². The second kappa shape index (κ2) is 6.73. The van der Waals surface area contributed by atoms with Crippen LogP contribution in [0.25, 0.3) is 0 Å². The van der Waals surface area contributed by atoms with Crippen LogP contribution < -0.4 is 0 Å². The van der Waals surface area contributed by atoms with Crippen molar-refractivity contribution in [2.45, 2.75) is 31.8 Å². The molecular weight excluding hydrogens is 298 g/mol. The van der Waals surface area contributed by atoms with Gasteiger partial charge < -0.3 is 4.90 Å². The first-order chi connectivity index (χ1) is 11.8. The number of piperidine rings is 1. The molecule has 1 aromatic carbocycles. The summed E-state index contributed by atoms with van der Waals surface area (Å²) in [4.78, 5) is 21.8. The highest BCUT2D eigenvalue weighted by molar-refractivity contribution is 5.96. The number of hydrogen-bond donors (Lipinski definition) is 0. The van der Waals surface area contributed by atoms with Crippen LogP contribution in [-0.2, 0) is 13.0 Å². The van der Waals surface area contributed by atoms with E-state index in [4.69, 9.17) is 0 Å². The summed E-state index contributed by atoms with van der Waals surface area (Å²) in [5.41, 5.74) is 3.23. The molecule has 2 aromatic rings. The third kappa shape index (κ3) is 3.06. The Labute approximate surface area is 143 Å². The Kier molecular flexibility index (Phi) is 4.30. The fourth-order valence-corrected chi connectivity index (χ4v) is 3.90. The Morgan fingerprint density at radius 2 is 1.79 bits per heavy atom. The van der Waals surface area contributed by atoms with Crippen LogP contribution in [-0.4, -0.2) is 46.4 Å². The summed E-state index contributed by atoms with van der Waals surface area (Å²) in [5.74, 6) is 0.222. The zero-order valence-electron chi connectivity index (χ0n) is 13.9. The Morgan fingerprint density at radius 1 is 1.00 bits per heavy atom. The molecule has 0 unspecified atom stereocenters. The summed E-state index contributed by atoms with van der Waals surface area (Å²) < 4.78 is 0. The van der Waals surface area contributed by atoms with Crippen molar-refractivity contribution in [1.82, 2.24) is 14.8 Å². The molecule has 2 aliphatic heterocycles. The topological polar surface area (TPSA) is 36.4 Å². The van der Waals surface area contributed by atoms with Gasteiger partial charge in [0.2, 0.25) is 0 Å². The first-order valence-corrected chi connectivity index (χ1v) is 8.82. The lowest BCUT2D eigenvalue weighted by Gasteiger charge is -2.40. The van der Waals surface area contributed by atoms with Crippen LogP contribution in [0, 0.1) is 0 Å². The van der Waals surface area contributed by atoms with E-state index in [1.54, 1.807) is 0 Å². The van der Waals surface area contributed by atoms with Gasteiger partial charge in [0, 0.05) is 44.0 Å². The molecule has 1 saturated heterocycles. The monoisotopic (exact) mass is 321 g/mol. The minimum absolute atomic E-state index is 0.222. The molecule has 1 aromatic heterocycles. The molecule has 2 aliphatic rings. The smallest absolute Gasteiger partial charge is 0.254 e. The molecule has 0 saturated carbocycles. The molecule has 1 amide bonds. The van der Waals surface area contributed by atoms with Crippen molar-refractivity contribution < 1.29 is 4.79 Å². The van der Waals surface area contributed by atoms with Gasteiger partial charge in [-0.3, -0.25) is 14.7 Å². The summed E-state index contributed by atoms with van der Waals surface area (Å²) >= 11 is 0. The highest BCUT2D eigenvalue weighted by Crippen LogP contribution is 2.25. The van der Waals surface area contributed by atoms with E-state index in [0.29, 0.717) is 6.04 Å². The summed E-state index contributed by atoms with van der Waals surface area (Å²) in [6.07, 6.45) is 4.95. The average Bonchev–Trinajstić information content (AvgIpc) is 2.64. The number of pyridine rings is 1. The molecule has 4 heteroatoms. The lowest BCUT2D eigenvalue weighted by atomic mass is 9.95. The number of hydrogen-bond acceptors (Lipinski definition) is 3. The lowest BCUT2D eigenvalue weighted by molar-refractivity contribution is 0.0545. The number of carbonyl (C=O) groups is 1. The maximum Gasteiger partial charge on any atom is 0.254 e. The molecule has 1 fully saturated rings. The SMILES string of the molecule is O=C1c2ccccc2CCN1C1CCN(Cc2ccccn2)CC1. The van der Waals surface area contributed by atoms with Crippen molar-refractivity contribution in [3.8, 4) is 0 Å². The second-order valence-electron chi connectivity index (χ2n) is 6.73. The molecule has 0 atom stereocenters. The molecule has 0 radical (unpaired) electrons. The van der Waals surface area contributed by atoms with Gasteiger partial charge in [0.1, 0.15) is 0 Å². The van der Waals surface area contributed by atoms with Crippen LogP contribution in [0.4, 0.5) is 0 Å². The zero-order chi connectivity index (χ0) is 16.4. The van der Waals surface area contributed by atoms with E-state index in [1.807, 2.05) is 36.5 Å². The van der Waals surface area contributed by atoms with Crippen molar-refractivity contribution >= 4 is 5.91 Å². The first-order valence-electron chi connectivity index (χ1n) is 8.82. The summed E-state index contributed by atoms with van der Waals surface area (Å²) in [5, 5.41) is 0. The van der Waals surface area contributed by atoms with E-state index >= 15 is 0 Å². The Hall–Kier alpha value is -2.20. The van der Waals surface area contributed by atoms with Gasteiger partial charge in [-0.2, -0.15) is 0 Å². The van der Waals surface area contributed by atoms with E-state index in [0.717, 1.165) is 56.7 Å². The van der Waals surface area contributed by atoms with E-state index in [-0.39, 0.29) is 5.91 Å². The summed E-state index contributed by atoms with van der Waals surface area (Å²) in [7, 11) is 0. The Balaban J connectivity index is 1.37. The Bertz CT molecular complexity index is 708. The highest BCUT2D eigenvalue weighted by atomic mass is 16.2. The third-order valence-corrected chi connectivity index (χ3v) is 5.24. The molecular formula is C20H23N3O. The number of rotatable bonds is 3. The second-order valence-corrected chi connectivity index (χ2v) is 6.73. The van der Waals surface area contributed by atoms with E-state index in [1.165, 1.54) is 5.56 Å². The number of fused-ring (bicyclic) bond motifs is 1. The van der Waals surface area contributed by atoms with Crippen LogP contribution >= 0.6 is 0 Å². The van der Waals surface area contributed by atoms with E-state index < -0.39 is 0 Å². The maximum absolute atomic E-state index is 12.8. The van der Waals surface area contributed by atoms with Crippen molar-refractivity contribution in [2.24, 2.45) is 0 Å². The molecule has 124 valence electrons. The molecule has 4 nitrogen and oxygen atoms in total. The predicted octanol–water partition coefficient (Wildman–Crippen LogP) is 2.74. The van der Waals surface area contributed by atoms with E-state index in [9.17, 15) is 4.79 Å². The van der Waals surface area contributed by atoms with Crippen molar-refractivity contribution in [3.05, 3.63) is 65.5 Å². The van der Waals surface area contributed by atoms with Crippen molar-refractivity contribution in [3.63, 3.8) is 0 Å². The fraction of sp³-hybridized carbons (Fsp3) is 0.400. The van der Waals surface area contributed by atoms with E-state index in [2.05, 4.69) is 26.9 Å². The average molecular weight is 321 g/mol. The fourth-order valence-electron chi connectivity index (χ4n) is 3.90. The van der Waals surface area contributed by atoms with Crippen LogP contribution in [0.2, 0.25) is 0 Å². The highest BCUT2D eigenvalue weighted by Gasteiger charge is 2.31. The number of likely N-dealkylation sites (tertiary alicyclic amines) is 1. The predicted molar refractivity (Wildman–Crippen MR) is 93.7 cm³/mol. The van der Waals surface area contributed by atoms with Crippen molar-refractivity contribution in [2.75, 3.05) is 19.6 Å². The van der Waals surface area contributed by atoms with Crippen LogP contribution in [0.15, 0.2) is 48.7 Å². The van der Waals surface area contributed by atoms with Gasteiger partial charge in [0.15, 0.2) is 0 Å². The lowest BCUT2D eigenvalue weighted by Crippen LogP contribution is -2.49. The van der Waals surface area contributed by atoms with Gasteiger partial charge in [0.25, 0.3) is 5.91 Å². The third-order valence-electron chi connectivity index (χ3n) is 5.24. The molecule has 0 spiro atoms. The van der Waals surface area contributed by atoms with Crippen molar-refractivity contribution in [1.29, 1.82) is 0 Å². The standard InChI is InChI=1S/C20H23N3O/c24-20-19-7-2-1-5-16(19)8-14-23(20)18-9-12-22(13-10-18)15-17-6-3-4-11-21-17/h1-7,11,18H,8-10,12-15H2. The van der Waals surface area contributed by atoms with Gasteiger partial charge in [0.05, 0.1) is 5.69 Å². The number of amides is 1. The van der Waals surface area contributed by atoms with Crippen LogP contribution in [0.5, 0.6) is 0 Å². The van der Waals surface area contributed by atoms with Crippen LogP contribution in [0.1, 0.15) is 34.5 Å². The number of nitrogens with zero attached hydrogens (tertiary/aromatic N) is 3. The largest absolute Gasteiger partial charge is 0.335 e. The van der Waals surface area contributed by atoms with Crippen LogP contribution in [0.3, 0.4) is 0 Å². The summed E-state index contributed by atoms with van der Waals surface area (Å²) in [6, 6.07) is 14.5. The quantitative estimate of drug-likeness (QED) is 0.872. The van der Waals surface area contributed by atoms with Gasteiger partial charge in [-0.05, 0) is 43.0 Å². The molecule has 0 bridgehead atoms. The summed E-state index contributed by atoms with van der Waals surface area (Å²) in [6.45, 7) is 3.84. The molecule has 24 heavy (non-hydrogen) atoms. The Morgan fingerprint density at radius 3 is 2.58 bits per heavy atom. The minimum Gasteiger partial charge on any atom is -0.335 e. The molecule has 3 heterocycles.